The van der Waals surface area contributed by atoms with E-state index in [1.54, 1.807) is 7.05 Å². The van der Waals surface area contributed by atoms with Crippen molar-refractivity contribution in [2.24, 2.45) is 0 Å². The van der Waals surface area contributed by atoms with Gasteiger partial charge in [-0.2, -0.15) is 13.2 Å². The van der Waals surface area contributed by atoms with Crippen molar-refractivity contribution in [2.75, 3.05) is 13.6 Å². The first-order valence-corrected chi connectivity index (χ1v) is 4.83. The van der Waals surface area contributed by atoms with Crippen LogP contribution < -0.4 is 5.32 Å². The van der Waals surface area contributed by atoms with Crippen molar-refractivity contribution in [1.82, 2.24) is 5.32 Å². The molecule has 5 heteroatoms. The van der Waals surface area contributed by atoms with Crippen LogP contribution >= 0.6 is 11.6 Å². The lowest BCUT2D eigenvalue weighted by atomic mass is 10.1. The molecule has 0 bridgehead atoms. The van der Waals surface area contributed by atoms with Crippen LogP contribution in [-0.2, 0) is 6.18 Å². The van der Waals surface area contributed by atoms with E-state index < -0.39 is 11.7 Å². The number of nitrogens with one attached hydrogen (secondary N) is 1. The maximum atomic E-state index is 12.4. The molecule has 0 aliphatic carbocycles. The van der Waals surface area contributed by atoms with Gasteiger partial charge in [0.05, 0.1) is 17.1 Å². The van der Waals surface area contributed by atoms with E-state index in [1.165, 1.54) is 6.07 Å². The first-order chi connectivity index (χ1) is 7.45. The van der Waals surface area contributed by atoms with Crippen LogP contribution in [0.4, 0.5) is 13.2 Å². The third-order valence-corrected chi connectivity index (χ3v) is 2.11. The van der Waals surface area contributed by atoms with Crippen molar-refractivity contribution in [2.45, 2.75) is 6.18 Å². The molecule has 0 heterocycles. The summed E-state index contributed by atoms with van der Waals surface area (Å²) >= 11 is 5.73. The van der Waals surface area contributed by atoms with Gasteiger partial charge in [0.2, 0.25) is 0 Å². The summed E-state index contributed by atoms with van der Waals surface area (Å²) in [5, 5.41) is 2.98. The fourth-order valence-corrected chi connectivity index (χ4v) is 1.19. The van der Waals surface area contributed by atoms with Crippen LogP contribution in [-0.4, -0.2) is 13.6 Å². The summed E-state index contributed by atoms with van der Waals surface area (Å²) in [6, 6.07) is 3.09. The summed E-state index contributed by atoms with van der Waals surface area (Å²) < 4.78 is 37.2. The van der Waals surface area contributed by atoms with Gasteiger partial charge < -0.3 is 5.32 Å². The monoisotopic (exact) mass is 247 g/mol. The van der Waals surface area contributed by atoms with Crippen molar-refractivity contribution < 1.29 is 13.2 Å². The Balaban J connectivity index is 3.06. The molecule has 0 aliphatic rings. The molecule has 1 nitrogen and oxygen atoms in total. The highest BCUT2D eigenvalue weighted by atomic mass is 35.5. The highest BCUT2D eigenvalue weighted by Crippen LogP contribution is 2.31. The summed E-state index contributed by atoms with van der Waals surface area (Å²) in [6.07, 6.45) is -4.37. The number of benzene rings is 1. The highest BCUT2D eigenvalue weighted by molar-refractivity contribution is 6.31. The fourth-order valence-electron chi connectivity index (χ4n) is 1.03. The molecule has 0 amide bonds. The Labute approximate surface area is 96.6 Å². The zero-order valence-corrected chi connectivity index (χ0v) is 9.21. The van der Waals surface area contributed by atoms with E-state index in [1.807, 2.05) is 0 Å². The van der Waals surface area contributed by atoms with Crippen molar-refractivity contribution in [3.63, 3.8) is 0 Å². The third kappa shape index (κ3) is 3.44. The van der Waals surface area contributed by atoms with Gasteiger partial charge in [-0.25, -0.2) is 0 Å². The molecule has 1 N–H and O–H groups in total. The lowest BCUT2D eigenvalue weighted by Gasteiger charge is -2.07. The predicted octanol–water partition coefficient (Wildman–Crippen LogP) is 2.93. The van der Waals surface area contributed by atoms with Crippen molar-refractivity contribution in [3.05, 3.63) is 34.3 Å². The van der Waals surface area contributed by atoms with Crippen LogP contribution in [0.25, 0.3) is 0 Å². The van der Waals surface area contributed by atoms with Crippen LogP contribution in [0.15, 0.2) is 18.2 Å². The molecule has 0 saturated carbocycles. The molecule has 86 valence electrons. The number of halogens is 4. The molecule has 1 rings (SSSR count). The van der Waals surface area contributed by atoms with Crippen molar-refractivity contribution >= 4 is 11.6 Å². The Hall–Kier alpha value is -1.18. The fraction of sp³-hybridized carbons (Fsp3) is 0.273. The van der Waals surface area contributed by atoms with E-state index >= 15 is 0 Å². The minimum atomic E-state index is -4.37. The van der Waals surface area contributed by atoms with E-state index in [2.05, 4.69) is 17.2 Å². The van der Waals surface area contributed by atoms with Crippen LogP contribution in [0.2, 0.25) is 5.02 Å². The van der Waals surface area contributed by atoms with E-state index in [0.29, 0.717) is 6.54 Å². The first kappa shape index (κ1) is 12.9. The Morgan fingerprint density at radius 1 is 1.38 bits per heavy atom. The van der Waals surface area contributed by atoms with Gasteiger partial charge in [0.25, 0.3) is 0 Å². The highest BCUT2D eigenvalue weighted by Gasteiger charge is 2.30. The second-order valence-electron chi connectivity index (χ2n) is 3.02. The van der Waals surface area contributed by atoms with Crippen molar-refractivity contribution in [1.29, 1.82) is 0 Å². The number of hydrogen-bond acceptors (Lipinski definition) is 1. The maximum Gasteiger partial charge on any atom is 0.416 e. The van der Waals surface area contributed by atoms with Crippen LogP contribution in [0, 0.1) is 11.8 Å². The molecule has 0 radical (unpaired) electrons. The van der Waals surface area contributed by atoms with Gasteiger partial charge in [-0.05, 0) is 25.2 Å². The molecule has 0 aromatic heterocycles. The molecule has 1 aromatic rings. The quantitative estimate of drug-likeness (QED) is 0.753. The SMILES string of the molecule is CNCC#Cc1cc(C(F)(F)F)ccc1Cl. The molecule has 0 spiro atoms. The number of rotatable bonds is 1. The van der Waals surface area contributed by atoms with E-state index in [0.717, 1.165) is 12.1 Å². The van der Waals surface area contributed by atoms with Crippen molar-refractivity contribution in [3.8, 4) is 11.8 Å². The van der Waals surface area contributed by atoms with Gasteiger partial charge in [-0.15, -0.1) is 0 Å². The summed E-state index contributed by atoms with van der Waals surface area (Å²) in [7, 11) is 1.70. The Morgan fingerprint density at radius 2 is 2.06 bits per heavy atom. The molecule has 0 fully saturated rings. The minimum absolute atomic E-state index is 0.187. The standard InChI is InChI=1S/C11H9ClF3N/c1-16-6-2-3-8-7-9(11(13,14)15)4-5-10(8)12/h4-5,7,16H,6H2,1H3. The summed E-state index contributed by atoms with van der Waals surface area (Å²) in [5.74, 6) is 5.24. The Bertz CT molecular complexity index is 429. The molecule has 0 unspecified atom stereocenters. The Kier molecular flexibility index (Phi) is 4.22. The average molecular weight is 248 g/mol. The molecular formula is C11H9ClF3N. The first-order valence-electron chi connectivity index (χ1n) is 4.45. The number of hydrogen-bond donors (Lipinski definition) is 1. The minimum Gasteiger partial charge on any atom is -0.309 e. The summed E-state index contributed by atoms with van der Waals surface area (Å²) in [6.45, 7) is 0.395. The lowest BCUT2D eigenvalue weighted by molar-refractivity contribution is -0.137. The van der Waals surface area contributed by atoms with Gasteiger partial charge in [0.1, 0.15) is 0 Å². The topological polar surface area (TPSA) is 12.0 Å². The van der Waals surface area contributed by atoms with Gasteiger partial charge in [0.15, 0.2) is 0 Å². The van der Waals surface area contributed by atoms with E-state index in [9.17, 15) is 13.2 Å². The van der Waals surface area contributed by atoms with Gasteiger partial charge in [0, 0.05) is 5.56 Å². The van der Waals surface area contributed by atoms with Gasteiger partial charge >= 0.3 is 6.18 Å². The average Bonchev–Trinajstić information content (AvgIpc) is 2.19. The second-order valence-corrected chi connectivity index (χ2v) is 3.43. The largest absolute Gasteiger partial charge is 0.416 e. The van der Waals surface area contributed by atoms with Gasteiger partial charge in [-0.1, -0.05) is 23.4 Å². The molecular weight excluding hydrogens is 239 g/mol. The molecule has 0 atom stereocenters. The smallest absolute Gasteiger partial charge is 0.309 e. The molecule has 0 aliphatic heterocycles. The lowest BCUT2D eigenvalue weighted by Crippen LogP contribution is -2.06. The zero-order valence-electron chi connectivity index (χ0n) is 8.45. The molecule has 0 saturated heterocycles. The number of alkyl halides is 3. The van der Waals surface area contributed by atoms with E-state index in [4.69, 9.17) is 11.6 Å². The van der Waals surface area contributed by atoms with Crippen LogP contribution in [0.1, 0.15) is 11.1 Å². The zero-order chi connectivity index (χ0) is 12.2. The van der Waals surface area contributed by atoms with Crippen LogP contribution in [0.3, 0.4) is 0 Å². The summed E-state index contributed by atoms with van der Waals surface area (Å²) in [5.41, 5.74) is -0.558. The third-order valence-electron chi connectivity index (χ3n) is 1.78. The normalized spacial score (nSPS) is 10.8. The van der Waals surface area contributed by atoms with E-state index in [-0.39, 0.29) is 10.6 Å². The maximum absolute atomic E-state index is 12.4. The van der Waals surface area contributed by atoms with Crippen LogP contribution in [0.5, 0.6) is 0 Å². The summed E-state index contributed by atoms with van der Waals surface area (Å²) in [4.78, 5) is 0. The Morgan fingerprint density at radius 3 is 2.62 bits per heavy atom. The second kappa shape index (κ2) is 5.24. The van der Waals surface area contributed by atoms with Gasteiger partial charge in [-0.3, -0.25) is 0 Å². The molecule has 1 aromatic carbocycles. The molecule has 16 heavy (non-hydrogen) atoms. The predicted molar refractivity (Wildman–Crippen MR) is 57.3 cm³/mol.